The van der Waals surface area contributed by atoms with Crippen molar-refractivity contribution >= 4 is 64.4 Å². The van der Waals surface area contributed by atoms with Crippen LogP contribution >= 0.6 is 0 Å². The van der Waals surface area contributed by atoms with Gasteiger partial charge in [0, 0.05) is 72.4 Å². The predicted octanol–water partition coefficient (Wildman–Crippen LogP) is 4.46. The number of hydrogen-bond donors (Lipinski definition) is 6. The topological polar surface area (TPSA) is 295 Å². The van der Waals surface area contributed by atoms with Gasteiger partial charge in [0.15, 0.2) is 17.9 Å². The molecule has 78 heavy (non-hydrogen) atoms. The molecule has 3 saturated heterocycles. The Morgan fingerprint density at radius 3 is 2.27 bits per heavy atom. The highest BCUT2D eigenvalue weighted by Gasteiger charge is 2.52. The summed E-state index contributed by atoms with van der Waals surface area (Å²) < 4.78 is 30.3. The summed E-state index contributed by atoms with van der Waals surface area (Å²) in [6, 6.07) is 8.53. The van der Waals surface area contributed by atoms with Crippen molar-refractivity contribution < 1.29 is 77.0 Å². The molecule has 3 aromatic rings. The van der Waals surface area contributed by atoms with E-state index in [2.05, 4.69) is 26.2 Å². The molecule has 9 atom stereocenters. The van der Waals surface area contributed by atoms with Crippen molar-refractivity contribution in [2.24, 2.45) is 11.8 Å². The number of nitrogens with one attached hydrogen (secondary N) is 4. The number of carbonyl (C=O) groups excluding carboxylic acids is 9. The van der Waals surface area contributed by atoms with Crippen LogP contribution in [0.4, 0.5) is 16.2 Å². The summed E-state index contributed by atoms with van der Waals surface area (Å²) >= 11 is 0. The largest absolute Gasteiger partial charge is 0.507 e. The third kappa shape index (κ3) is 11.4. The lowest BCUT2D eigenvalue weighted by atomic mass is 9.73. The van der Waals surface area contributed by atoms with Crippen molar-refractivity contribution in [3.05, 3.63) is 93.6 Å². The molecule has 2 aliphatic carbocycles. The molecule has 414 valence electrons. The van der Waals surface area contributed by atoms with Crippen molar-refractivity contribution in [1.82, 2.24) is 20.4 Å². The highest BCUT2D eigenvalue weighted by Crippen LogP contribution is 2.52. The number of carbonyl (C=O) groups is 9. The number of phenols is 2. The van der Waals surface area contributed by atoms with E-state index in [0.717, 1.165) is 4.90 Å². The third-order valence-electron chi connectivity index (χ3n) is 15.3. The number of aromatic hydroxyl groups is 2. The lowest BCUT2D eigenvalue weighted by molar-refractivity contribution is -0.243. The van der Waals surface area contributed by atoms with Crippen LogP contribution in [0.5, 0.6) is 11.5 Å². The van der Waals surface area contributed by atoms with Crippen molar-refractivity contribution in [3.63, 3.8) is 0 Å². The minimum atomic E-state index is -1.03. The molecule has 0 spiro atoms. The molecule has 0 radical (unpaired) electrons. The number of morpholine rings is 1. The molecule has 3 fully saturated rings. The van der Waals surface area contributed by atoms with E-state index in [1.54, 1.807) is 38.1 Å². The maximum absolute atomic E-state index is 14.6. The number of benzene rings is 3. The summed E-state index contributed by atoms with van der Waals surface area (Å²) in [4.78, 5) is 121. The van der Waals surface area contributed by atoms with Gasteiger partial charge in [-0.3, -0.25) is 53.5 Å². The quantitative estimate of drug-likeness (QED) is 0.0455. The summed E-state index contributed by atoms with van der Waals surface area (Å²) in [5.74, 6) is -6.07. The number of unbranched alkanes of at least 4 members (excludes halogenated alkanes) is 2. The van der Waals surface area contributed by atoms with Gasteiger partial charge in [-0.25, -0.2) is 4.79 Å². The zero-order chi connectivity index (χ0) is 55.7. The molecule has 4 heterocycles. The van der Waals surface area contributed by atoms with Gasteiger partial charge in [-0.2, -0.15) is 0 Å². The lowest BCUT2D eigenvalue weighted by Crippen LogP contribution is -2.53. The third-order valence-corrected chi connectivity index (χ3v) is 15.3. The Morgan fingerprint density at radius 2 is 1.55 bits per heavy atom. The molecule has 0 aromatic heterocycles. The van der Waals surface area contributed by atoms with Gasteiger partial charge in [0.25, 0.3) is 11.8 Å². The average molecular weight is 1080 g/mol. The zero-order valence-corrected chi connectivity index (χ0v) is 44.0. The molecule has 6 aliphatic rings. The van der Waals surface area contributed by atoms with Crippen LogP contribution < -0.4 is 21.3 Å². The molecule has 6 N–H and O–H groups in total. The first-order chi connectivity index (χ1) is 37.3. The van der Waals surface area contributed by atoms with Crippen LogP contribution in [0.2, 0.25) is 0 Å². The molecule has 6 amide bonds. The number of hydrogen-bond acceptors (Lipinski definition) is 17. The standard InChI is InChI=1S/C56H64N6O16/c1-27(2)48(60-39(64)12-7-6-8-19-62-40(65)17-18-41(62)66)55(72)57-28(3)54(71)58-33-15-13-31(14-16-33)25-75-56(73)59-36-11-9-10-34-44(36)51(69)47-46(49(34)67)50(68)35-22-32(29(4)63)23-38(45(35)52(47)70)77-43-24-37-53(30(5)76-43)78-42-26-74-21-20-61(37)42/h9-11,13-18,27-28,30,32,37-38,42-43,48,53,68,70H,6-8,12,19-26H2,1-5H3,(H,57,72)(H,58,71)(H,59,73)(H,60,64)/t28-,30-,32+,37-,38?,42+,43-,48-,53+/m0/s1. The fourth-order valence-corrected chi connectivity index (χ4v) is 11.1. The van der Waals surface area contributed by atoms with E-state index >= 15 is 0 Å². The Labute approximate surface area is 449 Å². The minimum absolute atomic E-state index is 0.0196. The van der Waals surface area contributed by atoms with Gasteiger partial charge < -0.3 is 49.8 Å². The summed E-state index contributed by atoms with van der Waals surface area (Å²) in [7, 11) is 0. The van der Waals surface area contributed by atoms with Crippen LogP contribution in [-0.4, -0.2) is 142 Å². The van der Waals surface area contributed by atoms with E-state index in [0.29, 0.717) is 56.7 Å². The van der Waals surface area contributed by atoms with Crippen molar-refractivity contribution in [2.75, 3.05) is 36.9 Å². The molecule has 0 saturated carbocycles. The highest BCUT2D eigenvalue weighted by molar-refractivity contribution is 6.32. The number of Topliss-reactive ketones (excluding diaryl/α,β-unsaturated/α-hetero) is 1. The van der Waals surface area contributed by atoms with E-state index in [4.69, 9.17) is 23.7 Å². The van der Waals surface area contributed by atoms with Crippen LogP contribution in [0.3, 0.4) is 0 Å². The fraction of sp³-hybridized carbons (Fsp3) is 0.482. The number of anilines is 2. The van der Waals surface area contributed by atoms with E-state index < -0.39 is 82.5 Å². The van der Waals surface area contributed by atoms with Crippen molar-refractivity contribution in [3.8, 4) is 11.5 Å². The number of imide groups is 1. The van der Waals surface area contributed by atoms with Crippen LogP contribution in [0, 0.1) is 11.8 Å². The number of phenolic OH excluding ortho intramolecular Hbond substituents is 2. The van der Waals surface area contributed by atoms with Gasteiger partial charge in [0.1, 0.15) is 48.3 Å². The van der Waals surface area contributed by atoms with Gasteiger partial charge in [-0.05, 0) is 76.1 Å². The van der Waals surface area contributed by atoms with Gasteiger partial charge in [-0.1, -0.05) is 44.5 Å². The maximum atomic E-state index is 14.6. The van der Waals surface area contributed by atoms with Gasteiger partial charge >= 0.3 is 6.09 Å². The zero-order valence-electron chi connectivity index (χ0n) is 44.0. The molecule has 9 rings (SSSR count). The second-order valence-electron chi connectivity index (χ2n) is 20.9. The lowest BCUT2D eigenvalue weighted by Gasteiger charge is -2.41. The molecular weight excluding hydrogens is 1010 g/mol. The van der Waals surface area contributed by atoms with Crippen LogP contribution in [0.1, 0.15) is 128 Å². The Balaban J connectivity index is 0.797. The van der Waals surface area contributed by atoms with E-state index in [-0.39, 0.29) is 114 Å². The van der Waals surface area contributed by atoms with Gasteiger partial charge in [0.05, 0.1) is 47.8 Å². The van der Waals surface area contributed by atoms with Crippen molar-refractivity contribution in [2.45, 2.75) is 135 Å². The molecule has 22 heteroatoms. The monoisotopic (exact) mass is 1080 g/mol. The minimum Gasteiger partial charge on any atom is -0.507 e. The smallest absolute Gasteiger partial charge is 0.411 e. The molecule has 3 aromatic carbocycles. The first-order valence-corrected chi connectivity index (χ1v) is 26.4. The SMILES string of the molecule is CC(=O)[C@@H]1Cc2c(O)c3c(c(O)c2C(O[C@H]2C[C@H]4[C@H](O[C@@H]5COCCN54)[C@H](C)O2)C1)C(=O)c1c(NC(=O)OCc2ccc(NC(=O)[C@H](C)NC(=O)[C@@H](NC(=O)CCCCCN4C(=O)C=CC4=O)C(C)C)cc2)cccc1C3=O. The normalized spacial score (nSPS) is 24.1. The summed E-state index contributed by atoms with van der Waals surface area (Å²) in [5.41, 5.74) is -0.313. The number of fused-ring (bicyclic) bond motifs is 6. The summed E-state index contributed by atoms with van der Waals surface area (Å²) in [6.45, 7) is 9.95. The van der Waals surface area contributed by atoms with Gasteiger partial charge in [0.2, 0.25) is 17.7 Å². The van der Waals surface area contributed by atoms with Crippen LogP contribution in [-0.2, 0) is 65.5 Å². The molecular formula is C56H64N6O16. The summed E-state index contributed by atoms with van der Waals surface area (Å²) in [6.07, 6.45) is 0.958. The van der Waals surface area contributed by atoms with Gasteiger partial charge in [-0.15, -0.1) is 0 Å². The van der Waals surface area contributed by atoms with Crippen molar-refractivity contribution in [1.29, 1.82) is 0 Å². The maximum Gasteiger partial charge on any atom is 0.411 e. The van der Waals surface area contributed by atoms with E-state index in [9.17, 15) is 53.4 Å². The van der Waals surface area contributed by atoms with E-state index in [1.165, 1.54) is 44.2 Å². The first-order valence-electron chi connectivity index (χ1n) is 26.4. The highest BCUT2D eigenvalue weighted by atomic mass is 16.7. The van der Waals surface area contributed by atoms with E-state index in [1.807, 2.05) is 6.92 Å². The van der Waals surface area contributed by atoms with Crippen LogP contribution in [0.25, 0.3) is 0 Å². The number of rotatable bonds is 18. The number of ether oxygens (including phenoxy) is 5. The first kappa shape index (κ1) is 55.4. The number of amides is 6. The number of nitrogens with zero attached hydrogens (tertiary/aromatic N) is 2. The Hall–Kier alpha value is -7.37. The number of ketones is 3. The Bertz CT molecular complexity index is 2940. The van der Waals surface area contributed by atoms with Crippen LogP contribution in [0.15, 0.2) is 54.6 Å². The second-order valence-corrected chi connectivity index (χ2v) is 20.9. The second kappa shape index (κ2) is 23.3. The Kier molecular flexibility index (Phi) is 16.5. The molecule has 1 unspecified atom stereocenters. The molecule has 22 nitrogen and oxygen atoms in total. The fourth-order valence-electron chi connectivity index (χ4n) is 11.1. The summed E-state index contributed by atoms with van der Waals surface area (Å²) in [5, 5.41) is 34.7. The molecule has 0 bridgehead atoms. The predicted molar refractivity (Wildman–Crippen MR) is 276 cm³/mol. The Morgan fingerprint density at radius 1 is 0.821 bits per heavy atom. The molecule has 4 aliphatic heterocycles. The average Bonchev–Trinajstić information content (AvgIpc) is 4.03.